The summed E-state index contributed by atoms with van der Waals surface area (Å²) in [5, 5.41) is 10.8. The Labute approximate surface area is 185 Å². The molecule has 0 bridgehead atoms. The van der Waals surface area contributed by atoms with Gasteiger partial charge in [0.05, 0.1) is 37.1 Å². The van der Waals surface area contributed by atoms with Gasteiger partial charge in [0.1, 0.15) is 16.6 Å². The number of aromatic nitrogens is 4. The van der Waals surface area contributed by atoms with Gasteiger partial charge in [0.2, 0.25) is 16.0 Å². The number of nitrogens with one attached hydrogen (secondary N) is 3. The molecule has 1 aromatic carbocycles. The van der Waals surface area contributed by atoms with Crippen LogP contribution in [0.1, 0.15) is 12.8 Å². The number of hydrogen-bond donors (Lipinski definition) is 3. The Balaban J connectivity index is 1.59. The van der Waals surface area contributed by atoms with Crippen molar-refractivity contribution in [3.05, 3.63) is 41.7 Å². The fraction of sp³-hybridized carbons (Fsp3) is 0.316. The first-order chi connectivity index (χ1) is 14.8. The Hall–Kier alpha value is -3.05. The van der Waals surface area contributed by atoms with E-state index < -0.39 is 10.0 Å². The number of anilines is 5. The zero-order chi connectivity index (χ0) is 22.0. The van der Waals surface area contributed by atoms with E-state index in [9.17, 15) is 8.42 Å². The highest BCUT2D eigenvalue weighted by atomic mass is 35.5. The number of nitrogens with zero attached hydrogens (tertiary/aromatic N) is 4. The number of sulfonamides is 1. The molecule has 0 amide bonds. The number of benzene rings is 1. The molecule has 1 fully saturated rings. The van der Waals surface area contributed by atoms with E-state index in [0.29, 0.717) is 34.8 Å². The molecule has 3 N–H and O–H groups in total. The van der Waals surface area contributed by atoms with Crippen LogP contribution in [-0.4, -0.2) is 41.5 Å². The highest BCUT2D eigenvalue weighted by molar-refractivity contribution is 7.92. The molecule has 164 valence electrons. The van der Waals surface area contributed by atoms with Crippen LogP contribution in [-0.2, 0) is 16.6 Å². The third-order valence-electron chi connectivity index (χ3n) is 4.60. The first-order valence-electron chi connectivity index (χ1n) is 9.55. The largest absolute Gasteiger partial charge is 0.497 e. The number of rotatable bonds is 9. The second-order valence-corrected chi connectivity index (χ2v) is 9.42. The Kier molecular flexibility index (Phi) is 5.88. The lowest BCUT2D eigenvalue weighted by Crippen LogP contribution is -2.12. The lowest BCUT2D eigenvalue weighted by molar-refractivity contribution is 0.415. The van der Waals surface area contributed by atoms with Crippen molar-refractivity contribution in [2.75, 3.05) is 28.7 Å². The summed E-state index contributed by atoms with van der Waals surface area (Å²) in [6.45, 7) is 0.848. The summed E-state index contributed by atoms with van der Waals surface area (Å²) in [6.07, 6.45) is 6.70. The van der Waals surface area contributed by atoms with Gasteiger partial charge in [-0.05, 0) is 30.9 Å². The molecule has 0 saturated heterocycles. The molecule has 0 aliphatic heterocycles. The lowest BCUT2D eigenvalue weighted by Gasteiger charge is -2.15. The third kappa shape index (κ3) is 5.56. The molecule has 2 aromatic heterocycles. The lowest BCUT2D eigenvalue weighted by atomic mass is 10.2. The minimum atomic E-state index is -3.51. The van der Waals surface area contributed by atoms with Gasteiger partial charge in [-0.1, -0.05) is 11.6 Å². The van der Waals surface area contributed by atoms with Gasteiger partial charge in [0.25, 0.3) is 0 Å². The molecule has 0 atom stereocenters. The van der Waals surface area contributed by atoms with Crippen LogP contribution in [0.3, 0.4) is 0 Å². The zero-order valence-electron chi connectivity index (χ0n) is 17.0. The molecule has 3 aromatic rings. The molecule has 2 heterocycles. The average molecular weight is 464 g/mol. The van der Waals surface area contributed by atoms with Crippen LogP contribution in [0.4, 0.5) is 29.0 Å². The van der Waals surface area contributed by atoms with Crippen molar-refractivity contribution in [2.24, 2.45) is 5.92 Å². The zero-order valence-corrected chi connectivity index (χ0v) is 18.5. The molecule has 0 spiro atoms. The van der Waals surface area contributed by atoms with E-state index in [1.807, 2.05) is 10.7 Å². The van der Waals surface area contributed by atoms with Crippen LogP contribution in [0.25, 0.3) is 0 Å². The maximum atomic E-state index is 11.8. The van der Waals surface area contributed by atoms with Crippen molar-refractivity contribution in [2.45, 2.75) is 19.4 Å². The number of halogens is 1. The predicted octanol–water partition coefficient (Wildman–Crippen LogP) is 3.60. The van der Waals surface area contributed by atoms with Crippen LogP contribution in [0.15, 0.2) is 36.7 Å². The predicted molar refractivity (Wildman–Crippen MR) is 120 cm³/mol. The van der Waals surface area contributed by atoms with Crippen LogP contribution < -0.4 is 20.1 Å². The summed E-state index contributed by atoms with van der Waals surface area (Å²) >= 11 is 6.28. The van der Waals surface area contributed by atoms with Crippen LogP contribution in [0, 0.1) is 5.92 Å². The average Bonchev–Trinajstić information content (AvgIpc) is 3.43. The highest BCUT2D eigenvalue weighted by Gasteiger charge is 2.23. The SMILES string of the molecule is COc1ccc(Nc2nc(Nc3ccnn3CC3CC3)ncc2Cl)c(NS(C)(=O)=O)c1. The minimum absolute atomic E-state index is 0.276. The van der Waals surface area contributed by atoms with Crippen molar-refractivity contribution < 1.29 is 13.2 Å². The molecule has 1 aliphatic rings. The maximum Gasteiger partial charge on any atom is 0.230 e. The Morgan fingerprint density at radius 2 is 2.03 bits per heavy atom. The van der Waals surface area contributed by atoms with Gasteiger partial charge in [0.15, 0.2) is 5.82 Å². The summed E-state index contributed by atoms with van der Waals surface area (Å²) in [5.74, 6) is 2.59. The summed E-state index contributed by atoms with van der Waals surface area (Å²) in [4.78, 5) is 8.68. The van der Waals surface area contributed by atoms with Crippen molar-refractivity contribution in [3.8, 4) is 5.75 Å². The minimum Gasteiger partial charge on any atom is -0.497 e. The summed E-state index contributed by atoms with van der Waals surface area (Å²) in [7, 11) is -2.01. The molecular weight excluding hydrogens is 442 g/mol. The Morgan fingerprint density at radius 1 is 1.23 bits per heavy atom. The molecule has 1 aliphatic carbocycles. The van der Waals surface area contributed by atoms with Gasteiger partial charge in [-0.3, -0.25) is 4.72 Å². The van der Waals surface area contributed by atoms with Crippen LogP contribution in [0.5, 0.6) is 5.75 Å². The van der Waals surface area contributed by atoms with E-state index in [2.05, 4.69) is 30.4 Å². The summed E-state index contributed by atoms with van der Waals surface area (Å²) in [5.41, 5.74) is 0.755. The smallest absolute Gasteiger partial charge is 0.230 e. The van der Waals surface area contributed by atoms with E-state index in [-0.39, 0.29) is 5.02 Å². The molecule has 1 saturated carbocycles. The van der Waals surface area contributed by atoms with E-state index in [1.165, 1.54) is 26.1 Å². The van der Waals surface area contributed by atoms with E-state index in [4.69, 9.17) is 16.3 Å². The molecule has 0 radical (unpaired) electrons. The fourth-order valence-electron chi connectivity index (χ4n) is 2.93. The van der Waals surface area contributed by atoms with E-state index in [0.717, 1.165) is 18.6 Å². The monoisotopic (exact) mass is 463 g/mol. The van der Waals surface area contributed by atoms with E-state index >= 15 is 0 Å². The third-order valence-corrected chi connectivity index (χ3v) is 5.47. The quantitative estimate of drug-likeness (QED) is 0.439. The van der Waals surface area contributed by atoms with E-state index in [1.54, 1.807) is 24.4 Å². The first-order valence-corrected chi connectivity index (χ1v) is 11.8. The fourth-order valence-corrected chi connectivity index (χ4v) is 3.64. The van der Waals surface area contributed by atoms with Gasteiger partial charge in [-0.15, -0.1) is 0 Å². The second-order valence-electron chi connectivity index (χ2n) is 7.27. The Morgan fingerprint density at radius 3 is 2.74 bits per heavy atom. The van der Waals surface area contributed by atoms with Crippen molar-refractivity contribution in [1.29, 1.82) is 0 Å². The van der Waals surface area contributed by atoms with Crippen LogP contribution >= 0.6 is 11.6 Å². The Bertz CT molecular complexity index is 1190. The van der Waals surface area contributed by atoms with Gasteiger partial charge >= 0.3 is 0 Å². The molecule has 0 unspecified atom stereocenters. The number of methoxy groups -OCH3 is 1. The topological polar surface area (TPSA) is 123 Å². The standard InChI is InChI=1S/C19H22ClN7O3S/c1-30-13-5-6-15(16(9-13)26-31(2,28)29)23-18-14(20)10-21-19(25-18)24-17-7-8-22-27(17)11-12-3-4-12/h5-10,12,26H,3-4,11H2,1-2H3,(H2,21,23,24,25). The van der Waals surface area contributed by atoms with Gasteiger partial charge < -0.3 is 15.4 Å². The number of ether oxygens (including phenoxy) is 1. The molecular formula is C19H22ClN7O3S. The van der Waals surface area contributed by atoms with Crippen molar-refractivity contribution >= 4 is 50.6 Å². The summed E-state index contributed by atoms with van der Waals surface area (Å²) < 4.78 is 33.1. The van der Waals surface area contributed by atoms with Crippen molar-refractivity contribution in [1.82, 2.24) is 19.7 Å². The van der Waals surface area contributed by atoms with Crippen LogP contribution in [0.2, 0.25) is 5.02 Å². The maximum absolute atomic E-state index is 11.8. The second kappa shape index (κ2) is 8.60. The number of hydrogen-bond acceptors (Lipinski definition) is 8. The summed E-state index contributed by atoms with van der Waals surface area (Å²) in [6, 6.07) is 6.78. The van der Waals surface area contributed by atoms with Crippen molar-refractivity contribution in [3.63, 3.8) is 0 Å². The van der Waals surface area contributed by atoms with Gasteiger partial charge in [-0.25, -0.2) is 18.1 Å². The molecule has 4 rings (SSSR count). The highest BCUT2D eigenvalue weighted by Crippen LogP contribution is 2.33. The molecule has 10 nitrogen and oxygen atoms in total. The van der Waals surface area contributed by atoms with Gasteiger partial charge in [-0.2, -0.15) is 10.1 Å². The molecule has 12 heteroatoms. The normalized spacial score (nSPS) is 13.6. The van der Waals surface area contributed by atoms with Gasteiger partial charge in [0, 0.05) is 18.7 Å². The molecule has 31 heavy (non-hydrogen) atoms. The first kappa shape index (κ1) is 21.2.